The lowest BCUT2D eigenvalue weighted by atomic mass is 9.73. The van der Waals surface area contributed by atoms with Crippen LogP contribution in [0.2, 0.25) is 0 Å². The van der Waals surface area contributed by atoms with Crippen molar-refractivity contribution in [3.8, 4) is 0 Å². The molecule has 3 fully saturated rings. The van der Waals surface area contributed by atoms with Crippen molar-refractivity contribution in [3.05, 3.63) is 99.4 Å². The number of fused-ring (bicyclic) bond motifs is 1. The standard InChI is InChI=1S/C39H37F3N6O4S/c1-23-33(31-13-14-32(53-31)36(50)45-26-5-4-6-26)46-29-7-2-3-8-30(29)48(23)37(51)24-9-11-27(12-10-24)44-35(49)28-19-25(39(40,41)42)20-43-34(28)47-21-38(22-47)15-17-52-18-16-38/h2-3,7-14,19-20,23,26H,4-6,15-18,21-22H2,1H3,(H,44,49)(H,45,50)/t23-/m1/s1. The maximum Gasteiger partial charge on any atom is 0.417 e. The first kappa shape index (κ1) is 35.0. The highest BCUT2D eigenvalue weighted by Gasteiger charge is 2.46. The normalized spacial score (nSPS) is 19.5. The van der Waals surface area contributed by atoms with Gasteiger partial charge < -0.3 is 20.3 Å². The van der Waals surface area contributed by atoms with E-state index in [-0.39, 0.29) is 34.7 Å². The van der Waals surface area contributed by atoms with Crippen molar-refractivity contribution in [2.45, 2.75) is 57.3 Å². The van der Waals surface area contributed by atoms with Crippen LogP contribution in [0.3, 0.4) is 0 Å². The molecule has 10 nitrogen and oxygen atoms in total. The second kappa shape index (κ2) is 13.7. The number of benzene rings is 2. The fourth-order valence-corrected chi connectivity index (χ4v) is 8.35. The van der Waals surface area contributed by atoms with E-state index in [1.807, 2.05) is 42.2 Å². The van der Waals surface area contributed by atoms with E-state index in [4.69, 9.17) is 9.73 Å². The Bertz CT molecular complexity index is 2100. The monoisotopic (exact) mass is 742 g/mol. The zero-order valence-corrected chi connectivity index (χ0v) is 29.7. The third kappa shape index (κ3) is 6.81. The van der Waals surface area contributed by atoms with Gasteiger partial charge in [-0.2, -0.15) is 13.2 Å². The summed E-state index contributed by atoms with van der Waals surface area (Å²) < 4.78 is 46.6. The molecule has 5 heterocycles. The Kier molecular flexibility index (Phi) is 9.05. The van der Waals surface area contributed by atoms with Gasteiger partial charge in [-0.1, -0.05) is 12.1 Å². The van der Waals surface area contributed by atoms with Gasteiger partial charge in [0.15, 0.2) is 0 Å². The van der Waals surface area contributed by atoms with Crippen molar-refractivity contribution < 1.29 is 32.3 Å². The Morgan fingerprint density at radius 2 is 1.70 bits per heavy atom. The predicted octanol–water partition coefficient (Wildman–Crippen LogP) is 7.48. The second-order valence-electron chi connectivity index (χ2n) is 14.2. The summed E-state index contributed by atoms with van der Waals surface area (Å²) in [5.74, 6) is -0.952. The maximum atomic E-state index is 14.2. The number of ether oxygens (including phenoxy) is 1. The minimum Gasteiger partial charge on any atom is -0.381 e. The van der Waals surface area contributed by atoms with E-state index in [1.165, 1.54) is 11.3 Å². The smallest absolute Gasteiger partial charge is 0.381 e. The Morgan fingerprint density at radius 1 is 0.962 bits per heavy atom. The molecule has 0 unspecified atom stereocenters. The van der Waals surface area contributed by atoms with Crippen LogP contribution in [-0.4, -0.2) is 66.8 Å². The van der Waals surface area contributed by atoms with Crippen LogP contribution in [0, 0.1) is 5.41 Å². The number of aliphatic imine (C=N–C) groups is 1. The zero-order valence-electron chi connectivity index (χ0n) is 28.9. The molecule has 4 aliphatic rings. The number of pyridine rings is 1. The minimum atomic E-state index is -4.68. The number of para-hydroxylation sites is 2. The zero-order chi connectivity index (χ0) is 36.9. The average molecular weight is 743 g/mol. The number of anilines is 3. The molecule has 2 N–H and O–H groups in total. The molecule has 2 saturated heterocycles. The molecule has 0 bridgehead atoms. The van der Waals surface area contributed by atoms with Crippen LogP contribution in [0.15, 0.2) is 77.9 Å². The molecule has 1 aliphatic carbocycles. The van der Waals surface area contributed by atoms with Crippen LogP contribution in [0.1, 0.15) is 79.9 Å². The van der Waals surface area contributed by atoms with Crippen LogP contribution < -0.4 is 20.4 Å². The number of alkyl halides is 3. The van der Waals surface area contributed by atoms with Crippen molar-refractivity contribution in [2.75, 3.05) is 41.4 Å². The summed E-state index contributed by atoms with van der Waals surface area (Å²) in [6.45, 7) is 4.32. The molecule has 0 radical (unpaired) electrons. The van der Waals surface area contributed by atoms with E-state index >= 15 is 0 Å². The van der Waals surface area contributed by atoms with E-state index in [0.29, 0.717) is 59.5 Å². The number of amides is 3. The summed E-state index contributed by atoms with van der Waals surface area (Å²) in [5, 5.41) is 5.78. The first-order valence-electron chi connectivity index (χ1n) is 17.7. The van der Waals surface area contributed by atoms with Crippen molar-refractivity contribution in [3.63, 3.8) is 0 Å². The number of halogens is 3. The number of rotatable bonds is 7. The molecule has 2 aromatic heterocycles. The van der Waals surface area contributed by atoms with Crippen LogP contribution >= 0.6 is 11.3 Å². The SMILES string of the molecule is C[C@@H]1C(c2ccc(C(=O)NC3CCC3)s2)=Nc2ccccc2N1C(=O)c1ccc(NC(=O)c2cc(C(F)(F)F)cnc2N2CC3(CCOCC3)C2)cc1. The Labute approximate surface area is 308 Å². The van der Waals surface area contributed by atoms with E-state index < -0.39 is 23.7 Å². The fourth-order valence-electron chi connectivity index (χ4n) is 7.37. The summed E-state index contributed by atoms with van der Waals surface area (Å²) in [7, 11) is 0. The highest BCUT2D eigenvalue weighted by Crippen LogP contribution is 2.43. The van der Waals surface area contributed by atoms with Gasteiger partial charge in [0.25, 0.3) is 17.7 Å². The number of carbonyl (C=O) groups excluding carboxylic acids is 3. The molecule has 274 valence electrons. The molecular formula is C39H37F3N6O4S. The number of thiophene rings is 1. The summed E-state index contributed by atoms with van der Waals surface area (Å²) in [6, 6.07) is 17.8. The Balaban J connectivity index is 1.01. The lowest BCUT2D eigenvalue weighted by Gasteiger charge is -2.53. The third-order valence-corrected chi connectivity index (χ3v) is 11.7. The van der Waals surface area contributed by atoms with E-state index in [2.05, 4.69) is 15.6 Å². The van der Waals surface area contributed by atoms with E-state index in [0.717, 1.165) is 49.2 Å². The molecule has 8 rings (SSSR count). The lowest BCUT2D eigenvalue weighted by molar-refractivity contribution is -0.137. The summed E-state index contributed by atoms with van der Waals surface area (Å²) >= 11 is 1.34. The average Bonchev–Trinajstić information content (AvgIpc) is 3.62. The lowest BCUT2D eigenvalue weighted by Crippen LogP contribution is -2.59. The van der Waals surface area contributed by atoms with Crippen molar-refractivity contribution in [1.82, 2.24) is 10.3 Å². The maximum absolute atomic E-state index is 14.2. The van der Waals surface area contributed by atoms with Gasteiger partial charge in [-0.3, -0.25) is 19.3 Å². The minimum absolute atomic E-state index is 0.00995. The van der Waals surface area contributed by atoms with E-state index in [1.54, 1.807) is 35.2 Å². The van der Waals surface area contributed by atoms with Crippen molar-refractivity contribution in [2.24, 2.45) is 10.4 Å². The van der Waals surface area contributed by atoms with Crippen LogP contribution in [0.4, 0.5) is 36.1 Å². The molecular weight excluding hydrogens is 706 g/mol. The third-order valence-electron chi connectivity index (χ3n) is 10.6. The number of carbonyl (C=O) groups is 3. The molecule has 53 heavy (non-hydrogen) atoms. The topological polar surface area (TPSA) is 116 Å². The molecule has 1 spiro atoms. The summed E-state index contributed by atoms with van der Waals surface area (Å²) in [4.78, 5) is 54.5. The first-order valence-corrected chi connectivity index (χ1v) is 18.5. The second-order valence-corrected chi connectivity index (χ2v) is 15.3. The van der Waals surface area contributed by atoms with Gasteiger partial charge in [-0.05, 0) is 93.6 Å². The van der Waals surface area contributed by atoms with Gasteiger partial charge in [0.2, 0.25) is 0 Å². The van der Waals surface area contributed by atoms with Gasteiger partial charge in [-0.25, -0.2) is 9.98 Å². The first-order chi connectivity index (χ1) is 25.5. The van der Waals surface area contributed by atoms with Crippen LogP contribution in [0.5, 0.6) is 0 Å². The molecule has 3 aliphatic heterocycles. The highest BCUT2D eigenvalue weighted by atomic mass is 32.1. The summed E-state index contributed by atoms with van der Waals surface area (Å²) in [5.41, 5.74) is 1.36. The Hall–Kier alpha value is -5.08. The number of aromatic nitrogens is 1. The van der Waals surface area contributed by atoms with Gasteiger partial charge in [0, 0.05) is 55.2 Å². The summed E-state index contributed by atoms with van der Waals surface area (Å²) in [6.07, 6.45) is 0.871. The molecule has 2 aromatic carbocycles. The molecule has 4 aromatic rings. The molecule has 3 amide bonds. The fraction of sp³-hybridized carbons (Fsp3) is 0.359. The predicted molar refractivity (Wildman–Crippen MR) is 197 cm³/mol. The number of hydrogen-bond donors (Lipinski definition) is 2. The number of nitrogens with one attached hydrogen (secondary N) is 2. The van der Waals surface area contributed by atoms with Gasteiger partial charge in [-0.15, -0.1) is 11.3 Å². The van der Waals surface area contributed by atoms with Gasteiger partial charge >= 0.3 is 6.18 Å². The van der Waals surface area contributed by atoms with Gasteiger partial charge in [0.05, 0.1) is 44.0 Å². The number of nitrogens with zero attached hydrogens (tertiary/aromatic N) is 4. The van der Waals surface area contributed by atoms with Gasteiger partial charge in [0.1, 0.15) is 5.82 Å². The quantitative estimate of drug-likeness (QED) is 0.203. The molecule has 1 atom stereocenters. The Morgan fingerprint density at radius 3 is 2.40 bits per heavy atom. The molecule has 1 saturated carbocycles. The highest BCUT2D eigenvalue weighted by molar-refractivity contribution is 7.16. The van der Waals surface area contributed by atoms with Crippen LogP contribution in [-0.2, 0) is 10.9 Å². The van der Waals surface area contributed by atoms with Crippen molar-refractivity contribution >= 4 is 57.7 Å². The number of hydrogen-bond acceptors (Lipinski definition) is 8. The van der Waals surface area contributed by atoms with Crippen molar-refractivity contribution in [1.29, 1.82) is 0 Å². The molecule has 14 heteroatoms. The van der Waals surface area contributed by atoms with Crippen LogP contribution in [0.25, 0.3) is 0 Å². The van der Waals surface area contributed by atoms with E-state index in [9.17, 15) is 27.6 Å². The largest absolute Gasteiger partial charge is 0.417 e.